The maximum atomic E-state index is 12.7. The zero-order chi connectivity index (χ0) is 20.5. The number of halogens is 1. The molecule has 0 saturated carbocycles. The monoisotopic (exact) mass is 458 g/mol. The van der Waals surface area contributed by atoms with Gasteiger partial charge in [-0.1, -0.05) is 65.9 Å². The summed E-state index contributed by atoms with van der Waals surface area (Å²) in [5, 5.41) is 4.23. The van der Waals surface area contributed by atoms with Crippen LogP contribution < -0.4 is 5.32 Å². The van der Waals surface area contributed by atoms with Crippen molar-refractivity contribution in [3.63, 3.8) is 0 Å². The van der Waals surface area contributed by atoms with Gasteiger partial charge in [0.05, 0.1) is 9.93 Å². The molecule has 0 bridgehead atoms. The van der Waals surface area contributed by atoms with Gasteiger partial charge < -0.3 is 5.32 Å². The summed E-state index contributed by atoms with van der Waals surface area (Å²) in [4.78, 5) is 27.6. The lowest BCUT2D eigenvalue weighted by Crippen LogP contribution is -2.27. The summed E-state index contributed by atoms with van der Waals surface area (Å²) < 4.78 is 1.55. The number of thiocarbonyl (C=S) groups is 1. The van der Waals surface area contributed by atoms with Crippen LogP contribution in [-0.4, -0.2) is 27.6 Å². The second kappa shape index (κ2) is 8.28. The maximum Gasteiger partial charge on any atom is 0.267 e. The minimum absolute atomic E-state index is 0.0701. The number of hydrogen-bond acceptors (Lipinski definition) is 5. The Morgan fingerprint density at radius 3 is 2.59 bits per heavy atom. The molecule has 0 radical (unpaired) electrons. The van der Waals surface area contributed by atoms with Crippen LogP contribution in [0.15, 0.2) is 53.4 Å². The Bertz CT molecular complexity index is 1170. The number of fused-ring (bicyclic) bond motifs is 1. The molecular weight excluding hydrogens is 444 g/mol. The highest BCUT2D eigenvalue weighted by Crippen LogP contribution is 2.36. The molecule has 1 aliphatic rings. The quantitative estimate of drug-likeness (QED) is 0.383. The van der Waals surface area contributed by atoms with Crippen molar-refractivity contribution < 1.29 is 9.59 Å². The lowest BCUT2D eigenvalue weighted by atomic mass is 10.2. The third-order valence-electron chi connectivity index (χ3n) is 4.40. The van der Waals surface area contributed by atoms with Crippen LogP contribution in [0.25, 0.3) is 16.2 Å². The van der Waals surface area contributed by atoms with Gasteiger partial charge in [-0.2, -0.15) is 0 Å². The normalized spacial score (nSPS) is 15.5. The van der Waals surface area contributed by atoms with E-state index >= 15 is 0 Å². The fraction of sp³-hybridized carbons (Fsp3) is 0.0952. The maximum absolute atomic E-state index is 12.7. The summed E-state index contributed by atoms with van der Waals surface area (Å²) >= 11 is 14.3. The fourth-order valence-corrected chi connectivity index (χ4v) is 5.73. The predicted octanol–water partition coefficient (Wildman–Crippen LogP) is 6.03. The molecule has 8 heteroatoms. The van der Waals surface area contributed by atoms with Crippen LogP contribution in [0.2, 0.25) is 5.02 Å². The Morgan fingerprint density at radius 1 is 1.21 bits per heavy atom. The predicted molar refractivity (Wildman–Crippen MR) is 127 cm³/mol. The number of amides is 2. The van der Waals surface area contributed by atoms with Gasteiger partial charge >= 0.3 is 0 Å². The standard InChI is InChI=1S/C21H15ClN2O2S3/c1-2-24-20(26)16(29-21(24)27)11-12-7-9-13(10-8-12)23-19(25)18-17(22)14-5-3-4-6-15(14)28-18/h3-11H,2H2,1H3,(H,23,25). The van der Waals surface area contributed by atoms with Gasteiger partial charge in [0.1, 0.15) is 9.20 Å². The minimum atomic E-state index is -0.243. The number of thioether (sulfide) groups is 1. The van der Waals surface area contributed by atoms with Crippen molar-refractivity contribution in [2.45, 2.75) is 6.92 Å². The van der Waals surface area contributed by atoms with E-state index in [2.05, 4.69) is 5.32 Å². The minimum Gasteiger partial charge on any atom is -0.321 e. The molecule has 2 heterocycles. The van der Waals surface area contributed by atoms with Crippen LogP contribution in [0.5, 0.6) is 0 Å². The van der Waals surface area contributed by atoms with Gasteiger partial charge in [0.15, 0.2) is 0 Å². The van der Waals surface area contributed by atoms with Crippen molar-refractivity contribution in [2.24, 2.45) is 0 Å². The summed E-state index contributed by atoms with van der Waals surface area (Å²) in [7, 11) is 0. The van der Waals surface area contributed by atoms with Crippen LogP contribution in [0.4, 0.5) is 5.69 Å². The molecule has 2 aromatic carbocycles. The zero-order valence-corrected chi connectivity index (χ0v) is 18.5. The van der Waals surface area contributed by atoms with Crippen LogP contribution in [-0.2, 0) is 4.79 Å². The molecule has 4 rings (SSSR count). The van der Waals surface area contributed by atoms with Crippen LogP contribution in [0, 0.1) is 0 Å². The SMILES string of the molecule is CCN1C(=O)C(=Cc2ccc(NC(=O)c3sc4ccccc4c3Cl)cc2)SC1=S. The summed E-state index contributed by atoms with van der Waals surface area (Å²) in [5.74, 6) is -0.313. The van der Waals surface area contributed by atoms with E-state index in [1.54, 1.807) is 17.0 Å². The van der Waals surface area contributed by atoms with Crippen molar-refractivity contribution in [1.29, 1.82) is 0 Å². The van der Waals surface area contributed by atoms with Gasteiger partial charge in [-0.25, -0.2) is 0 Å². The first-order chi connectivity index (χ1) is 14.0. The largest absolute Gasteiger partial charge is 0.321 e. The van der Waals surface area contributed by atoms with Gasteiger partial charge in [-0.3, -0.25) is 14.5 Å². The number of nitrogens with zero attached hydrogens (tertiary/aromatic N) is 1. The number of rotatable bonds is 4. The molecular formula is C21H15ClN2O2S3. The van der Waals surface area contributed by atoms with Crippen molar-refractivity contribution in [1.82, 2.24) is 4.90 Å². The number of nitrogens with one attached hydrogen (secondary N) is 1. The lowest BCUT2D eigenvalue weighted by molar-refractivity contribution is -0.121. The van der Waals surface area contributed by atoms with E-state index in [-0.39, 0.29) is 11.8 Å². The number of thiophene rings is 1. The Hall–Kier alpha value is -2.19. The van der Waals surface area contributed by atoms with E-state index in [9.17, 15) is 9.59 Å². The molecule has 146 valence electrons. The van der Waals surface area contributed by atoms with E-state index in [0.29, 0.717) is 31.4 Å². The van der Waals surface area contributed by atoms with E-state index in [1.165, 1.54) is 23.1 Å². The van der Waals surface area contributed by atoms with Crippen LogP contribution >= 0.6 is 46.9 Å². The summed E-state index contributed by atoms with van der Waals surface area (Å²) in [6.45, 7) is 2.46. The second-order valence-electron chi connectivity index (χ2n) is 6.24. The first-order valence-electron chi connectivity index (χ1n) is 8.81. The average Bonchev–Trinajstić information content (AvgIpc) is 3.19. The summed E-state index contributed by atoms with van der Waals surface area (Å²) in [6.07, 6.45) is 1.81. The molecule has 4 nitrogen and oxygen atoms in total. The van der Waals surface area contributed by atoms with Gasteiger partial charge in [0.2, 0.25) is 0 Å². The van der Waals surface area contributed by atoms with E-state index in [4.69, 9.17) is 23.8 Å². The number of anilines is 1. The van der Waals surface area contributed by atoms with E-state index in [1.807, 2.05) is 49.4 Å². The highest BCUT2D eigenvalue weighted by atomic mass is 35.5. The Labute approximate surface area is 186 Å². The fourth-order valence-electron chi connectivity index (χ4n) is 2.93. The molecule has 1 fully saturated rings. The second-order valence-corrected chi connectivity index (χ2v) is 9.35. The van der Waals surface area contributed by atoms with Crippen LogP contribution in [0.1, 0.15) is 22.2 Å². The molecule has 0 aliphatic carbocycles. The zero-order valence-electron chi connectivity index (χ0n) is 15.3. The van der Waals surface area contributed by atoms with E-state index in [0.717, 1.165) is 15.6 Å². The molecule has 0 atom stereocenters. The van der Waals surface area contributed by atoms with Gasteiger partial charge in [0.25, 0.3) is 11.8 Å². The van der Waals surface area contributed by atoms with Crippen molar-refractivity contribution >= 4 is 84.9 Å². The first kappa shape index (κ1) is 20.1. The number of likely N-dealkylation sites (N-methyl/N-ethyl adjacent to an activating group) is 1. The van der Waals surface area contributed by atoms with Gasteiger partial charge in [-0.05, 0) is 36.8 Å². The number of carbonyl (C=O) groups is 2. The van der Waals surface area contributed by atoms with Crippen molar-refractivity contribution in [3.05, 3.63) is 68.9 Å². The lowest BCUT2D eigenvalue weighted by Gasteiger charge is -2.09. The van der Waals surface area contributed by atoms with Gasteiger partial charge in [0, 0.05) is 22.3 Å². The summed E-state index contributed by atoms with van der Waals surface area (Å²) in [5.41, 5.74) is 1.52. The highest BCUT2D eigenvalue weighted by Gasteiger charge is 2.30. The van der Waals surface area contributed by atoms with Gasteiger partial charge in [-0.15, -0.1) is 11.3 Å². The number of hydrogen-bond donors (Lipinski definition) is 1. The van der Waals surface area contributed by atoms with Crippen LogP contribution in [0.3, 0.4) is 0 Å². The number of carbonyl (C=O) groups excluding carboxylic acids is 2. The Morgan fingerprint density at radius 2 is 1.93 bits per heavy atom. The third kappa shape index (κ3) is 3.96. The third-order valence-corrected chi connectivity index (χ3v) is 7.45. The molecule has 0 unspecified atom stereocenters. The molecule has 3 aromatic rings. The highest BCUT2D eigenvalue weighted by molar-refractivity contribution is 8.26. The number of benzene rings is 2. The Balaban J connectivity index is 1.50. The summed E-state index contributed by atoms with van der Waals surface area (Å²) in [6, 6.07) is 15.0. The van der Waals surface area contributed by atoms with Crippen molar-refractivity contribution in [3.8, 4) is 0 Å². The smallest absolute Gasteiger partial charge is 0.267 e. The Kier molecular flexibility index (Phi) is 5.74. The molecule has 29 heavy (non-hydrogen) atoms. The molecule has 1 aromatic heterocycles. The molecule has 0 spiro atoms. The molecule has 1 aliphatic heterocycles. The van der Waals surface area contributed by atoms with Crippen molar-refractivity contribution in [2.75, 3.05) is 11.9 Å². The first-order valence-corrected chi connectivity index (χ1v) is 11.2. The molecule has 1 N–H and O–H groups in total. The molecule has 1 saturated heterocycles. The average molecular weight is 459 g/mol. The topological polar surface area (TPSA) is 49.4 Å². The van der Waals surface area contributed by atoms with E-state index < -0.39 is 0 Å². The molecule has 2 amide bonds.